The van der Waals surface area contributed by atoms with Crippen LogP contribution in [0.25, 0.3) is 0 Å². The van der Waals surface area contributed by atoms with E-state index in [-0.39, 0.29) is 5.41 Å². The predicted octanol–water partition coefficient (Wildman–Crippen LogP) is 4.00. The van der Waals surface area contributed by atoms with Gasteiger partial charge in [0.15, 0.2) is 0 Å². The average molecular weight is 237 g/mol. The van der Waals surface area contributed by atoms with Crippen molar-refractivity contribution >= 4 is 17.3 Å². The molecule has 0 spiro atoms. The minimum atomic E-state index is -0.288. The number of nitrogens with zero attached hydrogens (tertiary/aromatic N) is 1. The Balaban J connectivity index is 2.53. The number of halogens is 1. The minimum absolute atomic E-state index is 0.288. The van der Waals surface area contributed by atoms with Crippen LogP contribution in [0.15, 0.2) is 18.2 Å². The van der Waals surface area contributed by atoms with Crippen molar-refractivity contribution in [2.24, 2.45) is 5.41 Å². The molecular formula is C13H17ClN2. The molecule has 1 aromatic rings. The lowest BCUT2D eigenvalue weighted by molar-refractivity contribution is 0.466. The molecule has 2 nitrogen and oxygen atoms in total. The van der Waals surface area contributed by atoms with Crippen LogP contribution in [0.1, 0.15) is 25.8 Å². The van der Waals surface area contributed by atoms with Crippen LogP contribution in [0.3, 0.4) is 0 Å². The second-order valence-electron chi connectivity index (χ2n) is 4.66. The van der Waals surface area contributed by atoms with E-state index in [4.69, 9.17) is 16.9 Å². The summed E-state index contributed by atoms with van der Waals surface area (Å²) in [4.78, 5) is 0. The van der Waals surface area contributed by atoms with Crippen molar-refractivity contribution in [3.05, 3.63) is 28.8 Å². The van der Waals surface area contributed by atoms with Gasteiger partial charge in [0.25, 0.3) is 0 Å². The Hall–Kier alpha value is -1.20. The Morgan fingerprint density at radius 1 is 1.44 bits per heavy atom. The molecule has 0 heterocycles. The molecule has 0 saturated carbocycles. The van der Waals surface area contributed by atoms with Crippen molar-refractivity contribution in [3.8, 4) is 6.07 Å². The van der Waals surface area contributed by atoms with Crippen LogP contribution in [0.5, 0.6) is 0 Å². The summed E-state index contributed by atoms with van der Waals surface area (Å²) in [5.74, 6) is 0. The van der Waals surface area contributed by atoms with Gasteiger partial charge in [0.05, 0.1) is 22.2 Å². The fourth-order valence-corrected chi connectivity index (χ4v) is 1.63. The van der Waals surface area contributed by atoms with Gasteiger partial charge in [-0.25, -0.2) is 0 Å². The number of benzene rings is 1. The highest BCUT2D eigenvalue weighted by atomic mass is 35.5. The van der Waals surface area contributed by atoms with Crippen molar-refractivity contribution in [1.82, 2.24) is 0 Å². The van der Waals surface area contributed by atoms with Crippen LogP contribution in [-0.2, 0) is 0 Å². The summed E-state index contributed by atoms with van der Waals surface area (Å²) in [6.45, 7) is 6.63. The second kappa shape index (κ2) is 5.23. The molecule has 0 saturated heterocycles. The molecule has 86 valence electrons. The topological polar surface area (TPSA) is 35.8 Å². The van der Waals surface area contributed by atoms with Crippen molar-refractivity contribution in [3.63, 3.8) is 0 Å². The van der Waals surface area contributed by atoms with Crippen molar-refractivity contribution < 1.29 is 0 Å². The maximum atomic E-state index is 8.88. The molecule has 0 radical (unpaired) electrons. The number of nitrogens with one attached hydrogen (secondary N) is 1. The van der Waals surface area contributed by atoms with Gasteiger partial charge < -0.3 is 5.32 Å². The van der Waals surface area contributed by atoms with Crippen LogP contribution in [-0.4, -0.2) is 6.54 Å². The quantitative estimate of drug-likeness (QED) is 0.858. The van der Waals surface area contributed by atoms with Crippen LogP contribution < -0.4 is 5.32 Å². The SMILES string of the molecule is Cc1ccc(NCCC(C)(C)C#N)c(Cl)c1. The number of anilines is 1. The molecule has 0 aliphatic carbocycles. The van der Waals surface area contributed by atoms with Gasteiger partial charge in [-0.1, -0.05) is 17.7 Å². The van der Waals surface area contributed by atoms with Gasteiger partial charge in [-0.3, -0.25) is 0 Å². The highest BCUT2D eigenvalue weighted by Gasteiger charge is 2.15. The van der Waals surface area contributed by atoms with E-state index in [0.29, 0.717) is 0 Å². The van der Waals surface area contributed by atoms with Crippen LogP contribution in [0, 0.1) is 23.7 Å². The molecule has 1 N–H and O–H groups in total. The van der Waals surface area contributed by atoms with E-state index in [2.05, 4.69) is 11.4 Å². The monoisotopic (exact) mass is 236 g/mol. The lowest BCUT2D eigenvalue weighted by atomic mass is 9.91. The van der Waals surface area contributed by atoms with Crippen LogP contribution in [0.4, 0.5) is 5.69 Å². The Bertz CT molecular complexity index is 405. The molecule has 16 heavy (non-hydrogen) atoms. The zero-order valence-electron chi connectivity index (χ0n) is 9.97. The van der Waals surface area contributed by atoms with Crippen LogP contribution in [0.2, 0.25) is 5.02 Å². The van der Waals surface area contributed by atoms with E-state index in [1.165, 1.54) is 0 Å². The zero-order valence-corrected chi connectivity index (χ0v) is 10.7. The Morgan fingerprint density at radius 3 is 2.69 bits per heavy atom. The molecule has 0 bridgehead atoms. The Kier molecular flexibility index (Phi) is 4.20. The van der Waals surface area contributed by atoms with Gasteiger partial charge in [0.1, 0.15) is 0 Å². The first kappa shape index (κ1) is 12.9. The van der Waals surface area contributed by atoms with E-state index < -0.39 is 0 Å². The highest BCUT2D eigenvalue weighted by Crippen LogP contribution is 2.24. The van der Waals surface area contributed by atoms with Gasteiger partial charge in [-0.05, 0) is 44.9 Å². The largest absolute Gasteiger partial charge is 0.384 e. The summed E-state index contributed by atoms with van der Waals surface area (Å²) < 4.78 is 0. The third kappa shape index (κ3) is 3.75. The van der Waals surface area contributed by atoms with Gasteiger partial charge in [-0.2, -0.15) is 5.26 Å². The Morgan fingerprint density at radius 2 is 2.12 bits per heavy atom. The first-order valence-corrected chi connectivity index (χ1v) is 5.74. The maximum absolute atomic E-state index is 8.88. The third-order valence-corrected chi connectivity index (χ3v) is 2.81. The molecule has 1 rings (SSSR count). The highest BCUT2D eigenvalue weighted by molar-refractivity contribution is 6.33. The Labute approximate surface area is 102 Å². The molecule has 0 amide bonds. The number of hydrogen-bond acceptors (Lipinski definition) is 2. The molecule has 0 atom stereocenters. The molecule has 1 aromatic carbocycles. The minimum Gasteiger partial charge on any atom is -0.384 e. The number of nitriles is 1. The molecule has 0 aliphatic heterocycles. The smallest absolute Gasteiger partial charge is 0.0684 e. The lowest BCUT2D eigenvalue weighted by Crippen LogP contribution is -2.14. The van der Waals surface area contributed by atoms with E-state index in [1.54, 1.807) is 0 Å². The van der Waals surface area contributed by atoms with E-state index in [9.17, 15) is 0 Å². The molecule has 0 unspecified atom stereocenters. The summed E-state index contributed by atoms with van der Waals surface area (Å²) in [6.07, 6.45) is 0.799. The summed E-state index contributed by atoms with van der Waals surface area (Å²) in [5.41, 5.74) is 1.79. The van der Waals surface area contributed by atoms with Crippen molar-refractivity contribution in [1.29, 1.82) is 5.26 Å². The maximum Gasteiger partial charge on any atom is 0.0684 e. The number of hydrogen-bond donors (Lipinski definition) is 1. The molecule has 0 fully saturated rings. The van der Waals surface area contributed by atoms with E-state index in [1.807, 2.05) is 39.0 Å². The normalized spacial score (nSPS) is 10.9. The van der Waals surface area contributed by atoms with Gasteiger partial charge in [0, 0.05) is 6.54 Å². The number of aryl methyl sites for hydroxylation is 1. The number of rotatable bonds is 4. The average Bonchev–Trinajstić information content (AvgIpc) is 2.21. The van der Waals surface area contributed by atoms with Gasteiger partial charge in [-0.15, -0.1) is 0 Å². The standard InChI is InChI=1S/C13H17ClN2/c1-10-4-5-12(11(14)8-10)16-7-6-13(2,3)9-15/h4-5,8,16H,6-7H2,1-3H3. The van der Waals surface area contributed by atoms with Gasteiger partial charge in [0.2, 0.25) is 0 Å². The molecule has 0 aromatic heterocycles. The molecule has 3 heteroatoms. The van der Waals surface area contributed by atoms with Crippen molar-refractivity contribution in [2.45, 2.75) is 27.2 Å². The summed E-state index contributed by atoms with van der Waals surface area (Å²) in [5, 5.41) is 12.9. The fourth-order valence-electron chi connectivity index (χ4n) is 1.33. The molecule has 0 aliphatic rings. The molecular weight excluding hydrogens is 220 g/mol. The fraction of sp³-hybridized carbons (Fsp3) is 0.462. The predicted molar refractivity (Wildman–Crippen MR) is 68.7 cm³/mol. The van der Waals surface area contributed by atoms with Crippen LogP contribution >= 0.6 is 11.6 Å². The van der Waals surface area contributed by atoms with E-state index >= 15 is 0 Å². The first-order valence-electron chi connectivity index (χ1n) is 5.36. The zero-order chi connectivity index (χ0) is 12.2. The van der Waals surface area contributed by atoms with E-state index in [0.717, 1.165) is 29.2 Å². The lowest BCUT2D eigenvalue weighted by Gasteiger charge is -2.16. The second-order valence-corrected chi connectivity index (χ2v) is 5.06. The van der Waals surface area contributed by atoms with Crippen molar-refractivity contribution in [2.75, 3.05) is 11.9 Å². The summed E-state index contributed by atoms with van der Waals surface area (Å²) in [6, 6.07) is 8.20. The summed E-state index contributed by atoms with van der Waals surface area (Å²) in [7, 11) is 0. The first-order chi connectivity index (χ1) is 7.44. The third-order valence-electron chi connectivity index (χ3n) is 2.49. The summed E-state index contributed by atoms with van der Waals surface area (Å²) >= 11 is 6.09. The van der Waals surface area contributed by atoms with Gasteiger partial charge >= 0.3 is 0 Å².